The summed E-state index contributed by atoms with van der Waals surface area (Å²) < 4.78 is 4.68. The topological polar surface area (TPSA) is 155 Å². The average molecular weight is 632 g/mol. The lowest BCUT2D eigenvalue weighted by molar-refractivity contribution is 0.444. The maximum Gasteiger partial charge on any atom is 0.254 e. The van der Waals surface area contributed by atoms with Crippen LogP contribution in [0.4, 0.5) is 23.3 Å². The molecule has 0 radical (unpaired) electrons. The van der Waals surface area contributed by atoms with Gasteiger partial charge in [-0.2, -0.15) is 30.1 Å². The molecule has 1 atom stereocenters. The van der Waals surface area contributed by atoms with Gasteiger partial charge in [-0.1, -0.05) is 0 Å². The molecule has 2 aliphatic rings. The SMILES string of the molecule is CC1CCCN1c1nc(-n2cccn2)nc(N)c1Br.Nc1nc(-n2cccn2)nc(NC2CCC2)c1Br. The fraction of sp³-hybridized carbons (Fsp3) is 0.391. The molecule has 0 spiro atoms. The summed E-state index contributed by atoms with van der Waals surface area (Å²) in [6.45, 7) is 3.19. The molecule has 1 aliphatic heterocycles. The van der Waals surface area contributed by atoms with Gasteiger partial charge >= 0.3 is 0 Å². The predicted octanol–water partition coefficient (Wildman–Crippen LogP) is 3.97. The van der Waals surface area contributed by atoms with Gasteiger partial charge in [-0.05, 0) is 83.0 Å². The molecule has 12 nitrogen and oxygen atoms in total. The summed E-state index contributed by atoms with van der Waals surface area (Å²) in [5.41, 5.74) is 11.9. The molecule has 1 saturated carbocycles. The van der Waals surface area contributed by atoms with Gasteiger partial charge in [0.25, 0.3) is 11.9 Å². The standard InChI is InChI=1S/C12H15BrN6.C11H13BrN6/c1-8-4-2-6-18(8)11-9(13)10(14)16-12(17-11)19-7-3-5-15-19;12-8-9(13)16-11(18-6-2-5-14-18)17-10(8)15-7-3-1-4-7/h3,5,7-8H,2,4,6H2,1H3,(H2,14,16,17);2,5-7H,1,3-4H2,(H3,13,15,16,17). The molecular weight excluding hydrogens is 604 g/mol. The first-order chi connectivity index (χ1) is 17.9. The van der Waals surface area contributed by atoms with E-state index in [1.54, 1.807) is 34.2 Å². The maximum atomic E-state index is 5.97. The van der Waals surface area contributed by atoms with Crippen molar-refractivity contribution in [3.63, 3.8) is 0 Å². The van der Waals surface area contributed by atoms with E-state index in [-0.39, 0.29) is 0 Å². The summed E-state index contributed by atoms with van der Waals surface area (Å²) in [7, 11) is 0. The Morgan fingerprint density at radius 1 is 0.838 bits per heavy atom. The molecule has 0 aromatic carbocycles. The Bertz CT molecular complexity index is 1340. The highest BCUT2D eigenvalue weighted by atomic mass is 79.9. The summed E-state index contributed by atoms with van der Waals surface area (Å²) in [6.07, 6.45) is 12.9. The van der Waals surface area contributed by atoms with Gasteiger partial charge in [0.1, 0.15) is 26.4 Å². The maximum absolute atomic E-state index is 5.97. The Morgan fingerprint density at radius 3 is 1.97 bits per heavy atom. The van der Waals surface area contributed by atoms with Crippen LogP contribution < -0.4 is 21.7 Å². The number of aromatic nitrogens is 8. The normalized spacial score (nSPS) is 17.3. The number of nitrogens with zero attached hydrogens (tertiary/aromatic N) is 9. The van der Waals surface area contributed by atoms with Crippen molar-refractivity contribution < 1.29 is 0 Å². The summed E-state index contributed by atoms with van der Waals surface area (Å²) >= 11 is 6.91. The predicted molar refractivity (Wildman–Crippen MR) is 150 cm³/mol. The molecule has 0 amide bonds. The second-order valence-corrected chi connectivity index (χ2v) is 10.6. The Balaban J connectivity index is 0.000000152. The van der Waals surface area contributed by atoms with Crippen molar-refractivity contribution in [2.75, 3.05) is 28.2 Å². The van der Waals surface area contributed by atoms with Crippen LogP contribution in [-0.4, -0.2) is 58.1 Å². The zero-order valence-electron chi connectivity index (χ0n) is 20.3. The molecule has 5 heterocycles. The lowest BCUT2D eigenvalue weighted by Gasteiger charge is -2.27. The van der Waals surface area contributed by atoms with Gasteiger partial charge in [-0.3, -0.25) is 0 Å². The molecule has 194 valence electrons. The lowest BCUT2D eigenvalue weighted by Crippen LogP contribution is -2.28. The third-order valence-corrected chi connectivity index (χ3v) is 7.94. The first-order valence-corrected chi connectivity index (χ1v) is 13.7. The molecular formula is C23H28Br2N12. The van der Waals surface area contributed by atoms with Gasteiger partial charge in [0.05, 0.1) is 0 Å². The molecule has 14 heteroatoms. The van der Waals surface area contributed by atoms with Gasteiger partial charge in [0.2, 0.25) is 0 Å². The van der Waals surface area contributed by atoms with E-state index in [9.17, 15) is 0 Å². The highest BCUT2D eigenvalue weighted by molar-refractivity contribution is 9.11. The van der Waals surface area contributed by atoms with Gasteiger partial charge in [-0.25, -0.2) is 9.36 Å². The molecule has 4 aromatic rings. The van der Waals surface area contributed by atoms with Crippen LogP contribution in [0.3, 0.4) is 0 Å². The van der Waals surface area contributed by atoms with E-state index in [0.717, 1.165) is 22.7 Å². The van der Waals surface area contributed by atoms with Crippen LogP contribution in [0.2, 0.25) is 0 Å². The monoisotopic (exact) mass is 630 g/mol. The zero-order valence-corrected chi connectivity index (χ0v) is 23.5. The van der Waals surface area contributed by atoms with Crippen LogP contribution in [0.1, 0.15) is 39.0 Å². The lowest BCUT2D eigenvalue weighted by atomic mass is 9.93. The smallest absolute Gasteiger partial charge is 0.254 e. The van der Waals surface area contributed by atoms with E-state index in [1.165, 1.54) is 32.1 Å². The summed E-state index contributed by atoms with van der Waals surface area (Å²) in [4.78, 5) is 19.8. The van der Waals surface area contributed by atoms with E-state index in [1.807, 2.05) is 12.1 Å². The minimum absolute atomic E-state index is 0.414. The van der Waals surface area contributed by atoms with Crippen LogP contribution in [0.15, 0.2) is 45.9 Å². The average Bonchev–Trinajstić information content (AvgIpc) is 3.64. The molecule has 1 aliphatic carbocycles. The minimum atomic E-state index is 0.414. The van der Waals surface area contributed by atoms with E-state index >= 15 is 0 Å². The molecule has 0 bridgehead atoms. The van der Waals surface area contributed by atoms with Crippen molar-refractivity contribution in [3.05, 3.63) is 45.9 Å². The Kier molecular flexibility index (Phi) is 7.55. The first-order valence-electron chi connectivity index (χ1n) is 12.1. The Hall–Kier alpha value is -3.26. The van der Waals surface area contributed by atoms with E-state index in [0.29, 0.717) is 40.1 Å². The Labute approximate surface area is 231 Å². The third kappa shape index (κ3) is 5.54. The van der Waals surface area contributed by atoms with Gasteiger partial charge in [0.15, 0.2) is 5.82 Å². The van der Waals surface area contributed by atoms with Crippen LogP contribution in [0, 0.1) is 0 Å². The molecule has 1 unspecified atom stereocenters. The molecule has 5 N–H and O–H groups in total. The van der Waals surface area contributed by atoms with Crippen LogP contribution >= 0.6 is 31.9 Å². The minimum Gasteiger partial charge on any atom is -0.383 e. The highest BCUT2D eigenvalue weighted by Crippen LogP contribution is 2.34. The second-order valence-electron chi connectivity index (χ2n) is 8.98. The number of nitrogen functional groups attached to an aromatic ring is 2. The fourth-order valence-corrected chi connectivity index (χ4v) is 4.85. The van der Waals surface area contributed by atoms with E-state index in [2.05, 4.69) is 79.1 Å². The third-order valence-electron chi connectivity index (χ3n) is 6.40. The van der Waals surface area contributed by atoms with Crippen molar-refractivity contribution in [2.45, 2.75) is 51.1 Å². The summed E-state index contributed by atoms with van der Waals surface area (Å²) in [6, 6.07) is 4.61. The molecule has 6 rings (SSSR count). The van der Waals surface area contributed by atoms with Crippen LogP contribution in [-0.2, 0) is 0 Å². The number of nitrogens with one attached hydrogen (secondary N) is 1. The second kappa shape index (κ2) is 11.0. The van der Waals surface area contributed by atoms with Crippen molar-refractivity contribution >= 4 is 55.1 Å². The number of hydrogen-bond acceptors (Lipinski definition) is 10. The highest BCUT2D eigenvalue weighted by Gasteiger charge is 2.26. The van der Waals surface area contributed by atoms with Crippen molar-refractivity contribution in [1.82, 2.24) is 39.5 Å². The van der Waals surface area contributed by atoms with Crippen molar-refractivity contribution in [2.24, 2.45) is 0 Å². The molecule has 4 aromatic heterocycles. The van der Waals surface area contributed by atoms with E-state index in [4.69, 9.17) is 11.5 Å². The zero-order chi connectivity index (χ0) is 25.9. The van der Waals surface area contributed by atoms with Gasteiger partial charge < -0.3 is 21.7 Å². The van der Waals surface area contributed by atoms with Gasteiger partial charge in [0, 0.05) is 43.4 Å². The van der Waals surface area contributed by atoms with Crippen molar-refractivity contribution in [3.8, 4) is 11.9 Å². The number of nitrogens with two attached hydrogens (primary N) is 2. The Morgan fingerprint density at radius 2 is 1.46 bits per heavy atom. The number of anilines is 4. The molecule has 37 heavy (non-hydrogen) atoms. The fourth-order valence-electron chi connectivity index (χ4n) is 4.15. The van der Waals surface area contributed by atoms with E-state index < -0.39 is 0 Å². The summed E-state index contributed by atoms with van der Waals surface area (Å²) in [5, 5.41) is 11.6. The first kappa shape index (κ1) is 25.4. The largest absolute Gasteiger partial charge is 0.383 e. The number of hydrogen-bond donors (Lipinski definition) is 3. The molecule has 1 saturated heterocycles. The van der Waals surface area contributed by atoms with Crippen LogP contribution in [0.5, 0.6) is 0 Å². The number of rotatable bonds is 5. The number of halogens is 2. The van der Waals surface area contributed by atoms with Crippen molar-refractivity contribution in [1.29, 1.82) is 0 Å². The van der Waals surface area contributed by atoms with Gasteiger partial charge in [-0.15, -0.1) is 0 Å². The van der Waals surface area contributed by atoms with Crippen LogP contribution in [0.25, 0.3) is 11.9 Å². The quantitative estimate of drug-likeness (QED) is 0.295. The summed E-state index contributed by atoms with van der Waals surface area (Å²) in [5.74, 6) is 3.41. The molecule has 2 fully saturated rings.